The summed E-state index contributed by atoms with van der Waals surface area (Å²) in [6.45, 7) is 6.57. The maximum absolute atomic E-state index is 11.5. The first kappa shape index (κ1) is 13.8. The number of nitrogens with one attached hydrogen (secondary N) is 1. The predicted molar refractivity (Wildman–Crippen MR) is 71.7 cm³/mol. The van der Waals surface area contributed by atoms with Crippen molar-refractivity contribution in [2.45, 2.75) is 57.5 Å². The molecule has 2 saturated carbocycles. The van der Waals surface area contributed by atoms with E-state index < -0.39 is 11.5 Å². The van der Waals surface area contributed by atoms with E-state index in [2.05, 4.69) is 17.1 Å². The summed E-state index contributed by atoms with van der Waals surface area (Å²) in [6, 6.07) is 0.425. The summed E-state index contributed by atoms with van der Waals surface area (Å²) >= 11 is 0. The van der Waals surface area contributed by atoms with Crippen molar-refractivity contribution in [1.29, 1.82) is 0 Å². The van der Waals surface area contributed by atoms with Crippen LogP contribution in [0.2, 0.25) is 0 Å². The second kappa shape index (κ2) is 5.57. The minimum absolute atomic E-state index is 0.425. The van der Waals surface area contributed by atoms with Gasteiger partial charge in [0.15, 0.2) is 0 Å². The molecule has 0 aromatic carbocycles. The molecule has 0 aliphatic heterocycles. The van der Waals surface area contributed by atoms with Crippen LogP contribution < -0.4 is 5.32 Å². The first-order chi connectivity index (χ1) is 8.53. The molecule has 0 saturated heterocycles. The lowest BCUT2D eigenvalue weighted by molar-refractivity contribution is -0.145. The van der Waals surface area contributed by atoms with Gasteiger partial charge in [-0.25, -0.2) is 0 Å². The zero-order valence-corrected chi connectivity index (χ0v) is 11.6. The fraction of sp³-hybridized carbons (Fsp3) is 0.929. The van der Waals surface area contributed by atoms with Gasteiger partial charge in [-0.1, -0.05) is 13.3 Å². The Kier molecular flexibility index (Phi) is 4.28. The van der Waals surface area contributed by atoms with Crippen LogP contribution in [0.5, 0.6) is 0 Å². The number of likely N-dealkylation sites (N-methyl/N-ethyl adjacent to an activating group) is 1. The van der Waals surface area contributed by atoms with E-state index >= 15 is 0 Å². The molecule has 18 heavy (non-hydrogen) atoms. The summed E-state index contributed by atoms with van der Waals surface area (Å²) in [5, 5.41) is 12.8. The molecule has 0 amide bonds. The lowest BCUT2D eigenvalue weighted by atomic mass is 9.85. The molecule has 2 N–H and O–H groups in total. The standard InChI is InChI=1S/C14H26N2O2/c1-3-16(9-11-5-4-6-11)10-14(2,13(17)18)15-12-7-8-12/h11-12,15H,3-10H2,1-2H3,(H,17,18). The van der Waals surface area contributed by atoms with Crippen LogP contribution in [0.15, 0.2) is 0 Å². The van der Waals surface area contributed by atoms with Gasteiger partial charge in [0.05, 0.1) is 0 Å². The van der Waals surface area contributed by atoms with Crippen LogP contribution in [0.4, 0.5) is 0 Å². The van der Waals surface area contributed by atoms with Gasteiger partial charge in [0, 0.05) is 19.1 Å². The first-order valence-electron chi connectivity index (χ1n) is 7.27. The van der Waals surface area contributed by atoms with Crippen LogP contribution in [-0.4, -0.2) is 47.2 Å². The van der Waals surface area contributed by atoms with Gasteiger partial charge in [-0.05, 0) is 45.1 Å². The summed E-state index contributed by atoms with van der Waals surface area (Å²) in [5.41, 5.74) is -0.791. The molecule has 0 spiro atoms. The van der Waals surface area contributed by atoms with Crippen molar-refractivity contribution >= 4 is 5.97 Å². The molecule has 4 nitrogen and oxygen atoms in total. The van der Waals surface area contributed by atoms with Crippen LogP contribution >= 0.6 is 0 Å². The van der Waals surface area contributed by atoms with Gasteiger partial charge in [-0.3, -0.25) is 10.1 Å². The van der Waals surface area contributed by atoms with Gasteiger partial charge in [-0.2, -0.15) is 0 Å². The normalized spacial score (nSPS) is 23.7. The highest BCUT2D eigenvalue weighted by Crippen LogP contribution is 2.28. The molecule has 0 radical (unpaired) electrons. The number of rotatable bonds is 8. The third-order valence-corrected chi connectivity index (χ3v) is 4.30. The highest BCUT2D eigenvalue weighted by molar-refractivity contribution is 5.78. The van der Waals surface area contributed by atoms with Gasteiger partial charge in [0.25, 0.3) is 0 Å². The average Bonchev–Trinajstić information content (AvgIpc) is 3.05. The molecule has 2 rings (SSSR count). The van der Waals surface area contributed by atoms with Crippen molar-refractivity contribution in [3.63, 3.8) is 0 Å². The molecule has 1 atom stereocenters. The van der Waals surface area contributed by atoms with E-state index in [0.717, 1.165) is 31.8 Å². The minimum Gasteiger partial charge on any atom is -0.480 e. The number of carboxylic acid groups (broad SMARTS) is 1. The first-order valence-corrected chi connectivity index (χ1v) is 7.27. The molecule has 4 heteroatoms. The number of nitrogens with zero attached hydrogens (tertiary/aromatic N) is 1. The maximum Gasteiger partial charge on any atom is 0.324 e. The number of hydrogen-bond donors (Lipinski definition) is 2. The third kappa shape index (κ3) is 3.45. The lowest BCUT2D eigenvalue weighted by Gasteiger charge is -2.37. The monoisotopic (exact) mass is 254 g/mol. The summed E-state index contributed by atoms with van der Waals surface area (Å²) in [6.07, 6.45) is 6.22. The Labute approximate surface area is 110 Å². The van der Waals surface area contributed by atoms with E-state index in [0.29, 0.717) is 12.6 Å². The Morgan fingerprint density at radius 1 is 1.39 bits per heavy atom. The predicted octanol–water partition coefficient (Wildman–Crippen LogP) is 1.70. The molecule has 0 aromatic rings. The van der Waals surface area contributed by atoms with Crippen LogP contribution in [0, 0.1) is 5.92 Å². The van der Waals surface area contributed by atoms with Crippen LogP contribution in [0.1, 0.15) is 46.0 Å². The zero-order chi connectivity index (χ0) is 13.2. The van der Waals surface area contributed by atoms with Crippen molar-refractivity contribution in [1.82, 2.24) is 10.2 Å². The maximum atomic E-state index is 11.5. The number of carbonyl (C=O) groups is 1. The molecule has 2 aliphatic rings. The fourth-order valence-corrected chi connectivity index (χ4v) is 2.65. The van der Waals surface area contributed by atoms with Crippen molar-refractivity contribution in [3.05, 3.63) is 0 Å². The fourth-order valence-electron chi connectivity index (χ4n) is 2.65. The van der Waals surface area contributed by atoms with E-state index in [1.54, 1.807) is 0 Å². The van der Waals surface area contributed by atoms with E-state index in [9.17, 15) is 9.90 Å². The zero-order valence-electron chi connectivity index (χ0n) is 11.6. The van der Waals surface area contributed by atoms with Crippen molar-refractivity contribution in [3.8, 4) is 0 Å². The second-order valence-electron chi connectivity index (χ2n) is 6.18. The Balaban J connectivity index is 1.89. The second-order valence-corrected chi connectivity index (χ2v) is 6.18. The smallest absolute Gasteiger partial charge is 0.324 e. The molecule has 0 heterocycles. The van der Waals surface area contributed by atoms with Gasteiger partial charge in [0.1, 0.15) is 5.54 Å². The molecular formula is C14H26N2O2. The van der Waals surface area contributed by atoms with Crippen LogP contribution in [0.3, 0.4) is 0 Å². The molecular weight excluding hydrogens is 228 g/mol. The minimum atomic E-state index is -0.791. The molecule has 104 valence electrons. The highest BCUT2D eigenvalue weighted by Gasteiger charge is 2.40. The van der Waals surface area contributed by atoms with Crippen LogP contribution in [0.25, 0.3) is 0 Å². The van der Waals surface area contributed by atoms with Crippen molar-refractivity contribution < 1.29 is 9.90 Å². The molecule has 2 fully saturated rings. The average molecular weight is 254 g/mol. The van der Waals surface area contributed by atoms with E-state index in [4.69, 9.17) is 0 Å². The van der Waals surface area contributed by atoms with Gasteiger partial charge in [0.2, 0.25) is 0 Å². The Hall–Kier alpha value is -0.610. The largest absolute Gasteiger partial charge is 0.480 e. The number of hydrogen-bond acceptors (Lipinski definition) is 3. The van der Waals surface area contributed by atoms with Crippen molar-refractivity contribution in [2.24, 2.45) is 5.92 Å². The van der Waals surface area contributed by atoms with Crippen LogP contribution in [-0.2, 0) is 4.79 Å². The third-order valence-electron chi connectivity index (χ3n) is 4.30. The quantitative estimate of drug-likeness (QED) is 0.692. The SMILES string of the molecule is CCN(CC1CCC1)CC(C)(NC1CC1)C(=O)O. The summed E-state index contributed by atoms with van der Waals surface area (Å²) in [4.78, 5) is 13.8. The van der Waals surface area contributed by atoms with Gasteiger partial charge >= 0.3 is 5.97 Å². The Bertz CT molecular complexity index is 300. The van der Waals surface area contributed by atoms with Gasteiger partial charge < -0.3 is 10.0 Å². The summed E-state index contributed by atoms with van der Waals surface area (Å²) in [5.74, 6) is 0.0744. The summed E-state index contributed by atoms with van der Waals surface area (Å²) < 4.78 is 0. The topological polar surface area (TPSA) is 52.6 Å². The Morgan fingerprint density at radius 2 is 2.06 bits per heavy atom. The lowest BCUT2D eigenvalue weighted by Crippen LogP contribution is -2.58. The molecule has 0 bridgehead atoms. The molecule has 1 unspecified atom stereocenters. The number of aliphatic carboxylic acids is 1. The highest BCUT2D eigenvalue weighted by atomic mass is 16.4. The van der Waals surface area contributed by atoms with Gasteiger partial charge in [-0.15, -0.1) is 0 Å². The molecule has 2 aliphatic carbocycles. The Morgan fingerprint density at radius 3 is 2.44 bits per heavy atom. The van der Waals surface area contributed by atoms with E-state index in [-0.39, 0.29) is 0 Å². The number of carboxylic acids is 1. The van der Waals surface area contributed by atoms with E-state index in [1.807, 2.05) is 6.92 Å². The van der Waals surface area contributed by atoms with Crippen molar-refractivity contribution in [2.75, 3.05) is 19.6 Å². The van der Waals surface area contributed by atoms with E-state index in [1.165, 1.54) is 19.3 Å². The summed E-state index contributed by atoms with van der Waals surface area (Å²) in [7, 11) is 0. The molecule has 0 aromatic heterocycles.